The third-order valence-corrected chi connectivity index (χ3v) is 5.70. The molecule has 8 nitrogen and oxygen atoms in total. The first kappa shape index (κ1) is 29.1. The fourth-order valence-electron chi connectivity index (χ4n) is 2.95. The number of ether oxygens (including phenoxy) is 6. The largest absolute Gasteiger partial charge is 0.491 e. The number of hydrogen-bond acceptors (Lipinski definition) is 9. The van der Waals surface area contributed by atoms with Crippen molar-refractivity contribution in [1.82, 2.24) is 4.98 Å². The first-order valence-corrected chi connectivity index (χ1v) is 12.3. The molecule has 0 saturated heterocycles. The standard InChI is InChI=1S/C25H33NO7S.CH4/c27-9-10-28-11-12-29-13-14-30-15-16-31-17-18-32-19-20-33-22-7-5-21(6-8-22)25-26-23-3-1-2-4-24(23)34-25;/h1-8,27H,9-20H2;1H4. The van der Waals surface area contributed by atoms with Crippen LogP contribution in [0.5, 0.6) is 5.75 Å². The summed E-state index contributed by atoms with van der Waals surface area (Å²) < 4.78 is 33.8. The van der Waals surface area contributed by atoms with Crippen LogP contribution in [-0.2, 0) is 23.7 Å². The predicted molar refractivity (Wildman–Crippen MR) is 138 cm³/mol. The number of fused-ring (bicyclic) bond motifs is 1. The van der Waals surface area contributed by atoms with Gasteiger partial charge in [0.2, 0.25) is 0 Å². The van der Waals surface area contributed by atoms with Crippen LogP contribution in [0.15, 0.2) is 48.5 Å². The van der Waals surface area contributed by atoms with Crippen molar-refractivity contribution in [2.75, 3.05) is 79.3 Å². The lowest BCUT2D eigenvalue weighted by Crippen LogP contribution is -2.14. The van der Waals surface area contributed by atoms with Crippen LogP contribution in [0.4, 0.5) is 0 Å². The Morgan fingerprint density at radius 1 is 0.629 bits per heavy atom. The summed E-state index contributed by atoms with van der Waals surface area (Å²) in [6, 6.07) is 16.1. The zero-order chi connectivity index (χ0) is 23.7. The monoisotopic (exact) mass is 507 g/mol. The van der Waals surface area contributed by atoms with E-state index in [0.717, 1.165) is 21.8 Å². The lowest BCUT2D eigenvalue weighted by Gasteiger charge is -2.09. The van der Waals surface area contributed by atoms with Gasteiger partial charge in [-0.2, -0.15) is 0 Å². The molecule has 3 aromatic rings. The first-order valence-electron chi connectivity index (χ1n) is 11.4. The number of hydrogen-bond donors (Lipinski definition) is 1. The molecule has 0 aliphatic heterocycles. The maximum Gasteiger partial charge on any atom is 0.124 e. The van der Waals surface area contributed by atoms with Gasteiger partial charge in [-0.3, -0.25) is 0 Å². The molecule has 0 atom stereocenters. The Hall–Kier alpha value is -2.11. The Morgan fingerprint density at radius 2 is 1.14 bits per heavy atom. The van der Waals surface area contributed by atoms with Crippen molar-refractivity contribution in [3.8, 4) is 16.3 Å². The van der Waals surface area contributed by atoms with Crippen LogP contribution in [0, 0.1) is 0 Å². The van der Waals surface area contributed by atoms with Gasteiger partial charge in [0.25, 0.3) is 0 Å². The minimum atomic E-state index is 0. The minimum Gasteiger partial charge on any atom is -0.491 e. The fourth-order valence-corrected chi connectivity index (χ4v) is 3.93. The smallest absolute Gasteiger partial charge is 0.124 e. The van der Waals surface area contributed by atoms with Crippen LogP contribution in [0.2, 0.25) is 0 Å². The Bertz CT molecular complexity index is 886. The highest BCUT2D eigenvalue weighted by Crippen LogP contribution is 2.30. The number of rotatable bonds is 19. The lowest BCUT2D eigenvalue weighted by atomic mass is 10.2. The second-order valence-electron chi connectivity index (χ2n) is 7.15. The number of benzene rings is 2. The van der Waals surface area contributed by atoms with Gasteiger partial charge in [0.1, 0.15) is 17.4 Å². The average Bonchev–Trinajstić information content (AvgIpc) is 3.31. The number of thiazole rings is 1. The van der Waals surface area contributed by atoms with E-state index in [1.807, 2.05) is 42.5 Å². The zero-order valence-corrected chi connectivity index (χ0v) is 20.2. The predicted octanol–water partition coefficient (Wildman–Crippen LogP) is 4.05. The molecule has 0 saturated carbocycles. The van der Waals surface area contributed by atoms with Gasteiger partial charge in [0.15, 0.2) is 0 Å². The van der Waals surface area contributed by atoms with Gasteiger partial charge in [-0.15, -0.1) is 11.3 Å². The topological polar surface area (TPSA) is 88.5 Å². The van der Waals surface area contributed by atoms with Crippen LogP contribution in [0.1, 0.15) is 7.43 Å². The maximum atomic E-state index is 8.57. The van der Waals surface area contributed by atoms with E-state index in [1.54, 1.807) is 11.3 Å². The van der Waals surface area contributed by atoms with Crippen molar-refractivity contribution in [2.45, 2.75) is 7.43 Å². The van der Waals surface area contributed by atoms with Gasteiger partial charge in [0.05, 0.1) is 82.9 Å². The van der Waals surface area contributed by atoms with Crippen molar-refractivity contribution in [1.29, 1.82) is 0 Å². The van der Waals surface area contributed by atoms with E-state index in [-0.39, 0.29) is 14.0 Å². The molecule has 0 aliphatic rings. The molecule has 194 valence electrons. The second-order valence-corrected chi connectivity index (χ2v) is 8.18. The van der Waals surface area contributed by atoms with Gasteiger partial charge >= 0.3 is 0 Å². The van der Waals surface area contributed by atoms with Crippen LogP contribution in [0.25, 0.3) is 20.8 Å². The van der Waals surface area contributed by atoms with Crippen molar-refractivity contribution < 1.29 is 33.5 Å². The van der Waals surface area contributed by atoms with Crippen molar-refractivity contribution in [3.63, 3.8) is 0 Å². The van der Waals surface area contributed by atoms with Crippen LogP contribution >= 0.6 is 11.3 Å². The average molecular weight is 508 g/mol. The van der Waals surface area contributed by atoms with Gasteiger partial charge in [-0.25, -0.2) is 4.98 Å². The van der Waals surface area contributed by atoms with E-state index < -0.39 is 0 Å². The molecular weight excluding hydrogens is 470 g/mol. The molecule has 1 aromatic heterocycles. The van der Waals surface area contributed by atoms with E-state index in [4.69, 9.17) is 33.5 Å². The zero-order valence-electron chi connectivity index (χ0n) is 19.4. The minimum absolute atomic E-state index is 0. The molecule has 0 unspecified atom stereocenters. The Balaban J connectivity index is 0.00000432. The van der Waals surface area contributed by atoms with Gasteiger partial charge in [-0.1, -0.05) is 19.6 Å². The molecular formula is C26H37NO7S. The first-order chi connectivity index (χ1) is 16.9. The summed E-state index contributed by atoms with van der Waals surface area (Å²) in [4.78, 5) is 4.68. The van der Waals surface area contributed by atoms with Crippen molar-refractivity contribution in [3.05, 3.63) is 48.5 Å². The summed E-state index contributed by atoms with van der Waals surface area (Å²) in [6.45, 7) is 5.40. The van der Waals surface area contributed by atoms with Crippen LogP contribution in [-0.4, -0.2) is 89.4 Å². The fraction of sp³-hybridized carbons (Fsp3) is 0.500. The Morgan fingerprint density at radius 3 is 1.69 bits per heavy atom. The van der Waals surface area contributed by atoms with E-state index in [1.165, 1.54) is 4.70 Å². The molecule has 2 aromatic carbocycles. The quantitative estimate of drug-likeness (QED) is 0.243. The highest BCUT2D eigenvalue weighted by atomic mass is 32.1. The van der Waals surface area contributed by atoms with Gasteiger partial charge in [0, 0.05) is 5.56 Å². The molecule has 3 rings (SSSR count). The third kappa shape index (κ3) is 11.4. The normalized spacial score (nSPS) is 11.0. The summed E-state index contributed by atoms with van der Waals surface area (Å²) >= 11 is 1.69. The highest BCUT2D eigenvalue weighted by molar-refractivity contribution is 7.21. The number of aliphatic hydroxyl groups excluding tert-OH is 1. The molecule has 0 fully saturated rings. The molecule has 35 heavy (non-hydrogen) atoms. The van der Waals surface area contributed by atoms with E-state index in [0.29, 0.717) is 72.7 Å². The molecule has 0 radical (unpaired) electrons. The van der Waals surface area contributed by atoms with Crippen molar-refractivity contribution in [2.24, 2.45) is 0 Å². The van der Waals surface area contributed by atoms with E-state index in [9.17, 15) is 0 Å². The highest BCUT2D eigenvalue weighted by Gasteiger charge is 2.06. The van der Waals surface area contributed by atoms with E-state index in [2.05, 4.69) is 11.1 Å². The number of aromatic nitrogens is 1. The molecule has 1 N–H and O–H groups in total. The summed E-state index contributed by atoms with van der Waals surface area (Å²) in [7, 11) is 0. The number of nitrogens with zero attached hydrogens (tertiary/aromatic N) is 1. The molecule has 0 bridgehead atoms. The van der Waals surface area contributed by atoms with Gasteiger partial charge in [-0.05, 0) is 36.4 Å². The molecule has 9 heteroatoms. The van der Waals surface area contributed by atoms with Crippen LogP contribution < -0.4 is 4.74 Å². The number of aliphatic hydroxyl groups is 1. The molecule has 0 amide bonds. The summed E-state index contributed by atoms with van der Waals surface area (Å²) in [5.74, 6) is 0.809. The third-order valence-electron chi connectivity index (χ3n) is 4.62. The molecule has 0 spiro atoms. The maximum absolute atomic E-state index is 8.57. The lowest BCUT2D eigenvalue weighted by molar-refractivity contribution is -0.0146. The Kier molecular flexibility index (Phi) is 15.1. The Labute approximate surface area is 211 Å². The summed E-state index contributed by atoms with van der Waals surface area (Å²) in [5, 5.41) is 9.58. The van der Waals surface area contributed by atoms with Gasteiger partial charge < -0.3 is 33.5 Å². The van der Waals surface area contributed by atoms with E-state index >= 15 is 0 Å². The SMILES string of the molecule is C.OCCOCCOCCOCCOCCOCCOc1ccc(-c2nc3ccccc3s2)cc1. The summed E-state index contributed by atoms with van der Waals surface area (Å²) in [6.07, 6.45) is 0. The van der Waals surface area contributed by atoms with Crippen molar-refractivity contribution >= 4 is 21.6 Å². The van der Waals surface area contributed by atoms with Crippen LogP contribution in [0.3, 0.4) is 0 Å². The second kappa shape index (κ2) is 18.2. The summed E-state index contributed by atoms with van der Waals surface area (Å²) in [5.41, 5.74) is 2.11. The molecule has 1 heterocycles. The number of para-hydroxylation sites is 1. The molecule has 0 aliphatic carbocycles.